The number of aliphatic hydroxyl groups is 1. The maximum Gasteiger partial charge on any atom is 0.253 e. The average Bonchev–Trinajstić information content (AvgIpc) is 2.24. The van der Waals surface area contributed by atoms with E-state index in [-0.39, 0.29) is 5.91 Å². The molecule has 0 bridgehead atoms. The fourth-order valence-corrected chi connectivity index (χ4v) is 1.37. The maximum absolute atomic E-state index is 11.4. The maximum atomic E-state index is 11.4. The van der Waals surface area contributed by atoms with Crippen molar-refractivity contribution >= 4 is 17.5 Å². The second-order valence-electron chi connectivity index (χ2n) is 3.25. The van der Waals surface area contributed by atoms with E-state index < -0.39 is 6.10 Å². The molecule has 0 saturated carbocycles. The van der Waals surface area contributed by atoms with Crippen molar-refractivity contribution in [1.29, 1.82) is 0 Å². The van der Waals surface area contributed by atoms with Crippen molar-refractivity contribution in [2.24, 2.45) is 0 Å². The Kier molecular flexibility index (Phi) is 4.59. The number of rotatable bonds is 4. The average molecular weight is 228 g/mol. The van der Waals surface area contributed by atoms with Crippen LogP contribution < -0.4 is 5.32 Å². The molecule has 4 heteroatoms. The van der Waals surface area contributed by atoms with Crippen molar-refractivity contribution in [2.75, 3.05) is 6.54 Å². The lowest BCUT2D eigenvalue weighted by atomic mass is 10.1. The highest BCUT2D eigenvalue weighted by atomic mass is 35.5. The smallest absolute Gasteiger partial charge is 0.253 e. The minimum absolute atomic E-state index is 0.390. The lowest BCUT2D eigenvalue weighted by molar-refractivity contribution is -0.129. The zero-order valence-electron chi connectivity index (χ0n) is 8.53. The first-order valence-corrected chi connectivity index (χ1v) is 5.24. The fourth-order valence-electron chi connectivity index (χ4n) is 1.17. The molecule has 1 rings (SSSR count). The third-order valence-corrected chi connectivity index (χ3v) is 2.20. The molecule has 3 nitrogen and oxygen atoms in total. The third kappa shape index (κ3) is 3.53. The molecule has 0 aliphatic rings. The summed E-state index contributed by atoms with van der Waals surface area (Å²) in [6.07, 6.45) is -0.302. The lowest BCUT2D eigenvalue weighted by Gasteiger charge is -2.11. The Bertz CT molecular complexity index is 341. The van der Waals surface area contributed by atoms with E-state index in [1.165, 1.54) is 0 Å². The molecule has 1 amide bonds. The summed E-state index contributed by atoms with van der Waals surface area (Å²) in [4.78, 5) is 11.4. The van der Waals surface area contributed by atoms with Gasteiger partial charge >= 0.3 is 0 Å². The van der Waals surface area contributed by atoms with E-state index in [1.807, 2.05) is 6.92 Å². The molecular weight excluding hydrogens is 214 g/mol. The van der Waals surface area contributed by atoms with Gasteiger partial charge in [-0.25, -0.2) is 0 Å². The number of aliphatic hydroxyl groups excluding tert-OH is 1. The van der Waals surface area contributed by atoms with Gasteiger partial charge in [-0.05, 0) is 24.1 Å². The van der Waals surface area contributed by atoms with Crippen LogP contribution in [0.15, 0.2) is 24.3 Å². The highest BCUT2D eigenvalue weighted by molar-refractivity contribution is 6.30. The highest BCUT2D eigenvalue weighted by Gasteiger charge is 2.16. The van der Waals surface area contributed by atoms with Gasteiger partial charge in [-0.3, -0.25) is 4.79 Å². The summed E-state index contributed by atoms with van der Waals surface area (Å²) in [7, 11) is 0. The Labute approximate surface area is 94.1 Å². The Morgan fingerprint density at radius 3 is 2.93 bits per heavy atom. The van der Waals surface area contributed by atoms with Gasteiger partial charge < -0.3 is 10.4 Å². The number of carbonyl (C=O) groups is 1. The quantitative estimate of drug-likeness (QED) is 0.826. The number of hydrogen-bond donors (Lipinski definition) is 2. The number of amides is 1. The van der Waals surface area contributed by atoms with Gasteiger partial charge in [0.2, 0.25) is 0 Å². The molecule has 0 heterocycles. The van der Waals surface area contributed by atoms with Crippen LogP contribution in [0, 0.1) is 0 Å². The number of carbonyl (C=O) groups excluding carboxylic acids is 1. The Morgan fingerprint density at radius 1 is 1.60 bits per heavy atom. The standard InChI is InChI=1S/C11H14ClNO2/c1-2-6-13-11(15)10(14)8-4-3-5-9(12)7-8/h3-5,7,10,14H,2,6H2,1H3,(H,13,15). The summed E-state index contributed by atoms with van der Waals surface area (Å²) < 4.78 is 0. The molecule has 0 fully saturated rings. The minimum atomic E-state index is -1.14. The van der Waals surface area contributed by atoms with Crippen molar-refractivity contribution in [2.45, 2.75) is 19.4 Å². The molecule has 0 aromatic heterocycles. The van der Waals surface area contributed by atoms with E-state index in [9.17, 15) is 9.90 Å². The second-order valence-corrected chi connectivity index (χ2v) is 3.69. The molecule has 1 aromatic rings. The van der Waals surface area contributed by atoms with E-state index in [0.29, 0.717) is 17.1 Å². The zero-order chi connectivity index (χ0) is 11.3. The number of benzene rings is 1. The van der Waals surface area contributed by atoms with Crippen LogP contribution in [0.5, 0.6) is 0 Å². The van der Waals surface area contributed by atoms with E-state index in [2.05, 4.69) is 5.32 Å². The molecule has 15 heavy (non-hydrogen) atoms. The SMILES string of the molecule is CCCNC(=O)C(O)c1cccc(Cl)c1. The molecule has 1 aromatic carbocycles. The summed E-state index contributed by atoms with van der Waals surface area (Å²) in [6, 6.07) is 6.65. The van der Waals surface area contributed by atoms with Crippen molar-refractivity contribution in [1.82, 2.24) is 5.32 Å². The van der Waals surface area contributed by atoms with Gasteiger partial charge in [-0.1, -0.05) is 30.7 Å². The van der Waals surface area contributed by atoms with E-state index in [1.54, 1.807) is 24.3 Å². The summed E-state index contributed by atoms with van der Waals surface area (Å²) in [5.41, 5.74) is 0.510. The van der Waals surface area contributed by atoms with Crippen molar-refractivity contribution in [3.8, 4) is 0 Å². The summed E-state index contributed by atoms with van der Waals surface area (Å²) in [6.45, 7) is 2.52. The number of hydrogen-bond acceptors (Lipinski definition) is 2. The van der Waals surface area contributed by atoms with Crippen LogP contribution in [0.4, 0.5) is 0 Å². The van der Waals surface area contributed by atoms with Gasteiger partial charge in [0.25, 0.3) is 5.91 Å². The molecule has 2 N–H and O–H groups in total. The second kappa shape index (κ2) is 5.73. The molecular formula is C11H14ClNO2. The first-order valence-electron chi connectivity index (χ1n) is 4.86. The van der Waals surface area contributed by atoms with Gasteiger partial charge in [0.05, 0.1) is 0 Å². The Balaban J connectivity index is 2.67. The zero-order valence-corrected chi connectivity index (χ0v) is 9.29. The molecule has 0 aliphatic heterocycles. The minimum Gasteiger partial charge on any atom is -0.378 e. The van der Waals surface area contributed by atoms with Crippen molar-refractivity contribution in [3.63, 3.8) is 0 Å². The largest absolute Gasteiger partial charge is 0.378 e. The predicted octanol–water partition coefficient (Wildman–Crippen LogP) is 1.90. The molecule has 0 radical (unpaired) electrons. The van der Waals surface area contributed by atoms with Crippen LogP contribution in [0.2, 0.25) is 5.02 Å². The van der Waals surface area contributed by atoms with Gasteiger partial charge in [0, 0.05) is 11.6 Å². The third-order valence-electron chi connectivity index (χ3n) is 1.96. The van der Waals surface area contributed by atoms with E-state index >= 15 is 0 Å². The lowest BCUT2D eigenvalue weighted by Crippen LogP contribution is -2.29. The molecule has 0 saturated heterocycles. The van der Waals surface area contributed by atoms with Gasteiger partial charge in [-0.2, -0.15) is 0 Å². The van der Waals surface area contributed by atoms with Crippen LogP contribution in [0.25, 0.3) is 0 Å². The van der Waals surface area contributed by atoms with Gasteiger partial charge in [-0.15, -0.1) is 0 Å². The van der Waals surface area contributed by atoms with Crippen LogP contribution in [0.1, 0.15) is 25.0 Å². The molecule has 82 valence electrons. The van der Waals surface area contributed by atoms with Crippen LogP contribution >= 0.6 is 11.6 Å². The summed E-state index contributed by atoms with van der Waals surface area (Å²) >= 11 is 5.76. The van der Waals surface area contributed by atoms with E-state index in [0.717, 1.165) is 6.42 Å². The highest BCUT2D eigenvalue weighted by Crippen LogP contribution is 2.17. The first kappa shape index (κ1) is 12.0. The predicted molar refractivity (Wildman–Crippen MR) is 59.7 cm³/mol. The van der Waals surface area contributed by atoms with Crippen molar-refractivity contribution < 1.29 is 9.90 Å². The van der Waals surface area contributed by atoms with Crippen LogP contribution in [0.3, 0.4) is 0 Å². The Hall–Kier alpha value is -1.06. The first-order chi connectivity index (χ1) is 7.15. The number of halogens is 1. The molecule has 0 spiro atoms. The van der Waals surface area contributed by atoms with E-state index in [4.69, 9.17) is 11.6 Å². The van der Waals surface area contributed by atoms with Gasteiger partial charge in [0.15, 0.2) is 6.10 Å². The fraction of sp³-hybridized carbons (Fsp3) is 0.364. The topological polar surface area (TPSA) is 49.3 Å². The normalized spacial score (nSPS) is 12.2. The summed E-state index contributed by atoms with van der Waals surface area (Å²) in [5.74, 6) is -0.390. The van der Waals surface area contributed by atoms with Crippen molar-refractivity contribution in [3.05, 3.63) is 34.9 Å². The molecule has 1 unspecified atom stereocenters. The summed E-state index contributed by atoms with van der Waals surface area (Å²) in [5, 5.41) is 12.8. The molecule has 1 atom stereocenters. The Morgan fingerprint density at radius 2 is 2.33 bits per heavy atom. The number of nitrogens with one attached hydrogen (secondary N) is 1. The van der Waals surface area contributed by atoms with Crippen LogP contribution in [-0.2, 0) is 4.79 Å². The van der Waals surface area contributed by atoms with Crippen LogP contribution in [-0.4, -0.2) is 17.6 Å². The molecule has 0 aliphatic carbocycles. The monoisotopic (exact) mass is 227 g/mol. The van der Waals surface area contributed by atoms with Gasteiger partial charge in [0.1, 0.15) is 0 Å².